The second-order valence-corrected chi connectivity index (χ2v) is 7.31. The highest BCUT2D eigenvalue weighted by Crippen LogP contribution is 2.36. The van der Waals surface area contributed by atoms with Crippen molar-refractivity contribution in [3.05, 3.63) is 53.1 Å². The summed E-state index contributed by atoms with van der Waals surface area (Å²) in [6.45, 7) is 1.93. The van der Waals surface area contributed by atoms with E-state index in [1.807, 2.05) is 0 Å². The van der Waals surface area contributed by atoms with Gasteiger partial charge in [-0.25, -0.2) is 0 Å². The number of alkyl halides is 3. The lowest BCUT2D eigenvalue weighted by Gasteiger charge is -2.34. The molecule has 0 N–H and O–H groups in total. The quantitative estimate of drug-likeness (QED) is 0.595. The smallest absolute Gasteiger partial charge is 0.417 e. The number of nitrogens with zero attached hydrogens (tertiary/aromatic N) is 3. The first-order chi connectivity index (χ1) is 15.1. The lowest BCUT2D eigenvalue weighted by Crippen LogP contribution is -2.46. The fraction of sp³-hybridized carbons (Fsp3) is 0.391. The second kappa shape index (κ2) is 10.3. The minimum atomic E-state index is -4.71. The molecule has 172 valence electrons. The van der Waals surface area contributed by atoms with Crippen molar-refractivity contribution in [2.75, 3.05) is 33.2 Å². The van der Waals surface area contributed by atoms with E-state index >= 15 is 0 Å². The van der Waals surface area contributed by atoms with Crippen molar-refractivity contribution in [1.29, 1.82) is 5.26 Å². The number of methoxy groups -OCH3 is 2. The molecule has 0 aromatic heterocycles. The largest absolute Gasteiger partial charge is 0.493 e. The molecule has 0 aliphatic carbocycles. The molecule has 2 rings (SSSR count). The number of anilines is 1. The number of ether oxygens (including phenoxy) is 2. The second-order valence-electron chi connectivity index (χ2n) is 7.31. The van der Waals surface area contributed by atoms with E-state index in [1.54, 1.807) is 50.2 Å². The van der Waals surface area contributed by atoms with Crippen molar-refractivity contribution >= 4 is 11.6 Å². The number of likely N-dealkylation sites (N-methyl/N-ethyl adjacent to an activating group) is 1. The summed E-state index contributed by atoms with van der Waals surface area (Å²) >= 11 is 0. The summed E-state index contributed by atoms with van der Waals surface area (Å²) < 4.78 is 51.3. The van der Waals surface area contributed by atoms with Crippen LogP contribution < -0.4 is 14.4 Å². The predicted octanol–water partition coefficient (Wildman–Crippen LogP) is 4.47. The molecule has 1 atom stereocenters. The number of benzene rings is 2. The monoisotopic (exact) mass is 449 g/mol. The first-order valence-corrected chi connectivity index (χ1v) is 9.87. The maximum absolute atomic E-state index is 13.6. The van der Waals surface area contributed by atoms with Crippen LogP contribution >= 0.6 is 0 Å². The van der Waals surface area contributed by atoms with Gasteiger partial charge in [-0.1, -0.05) is 13.0 Å². The molecular weight excluding hydrogens is 423 g/mol. The van der Waals surface area contributed by atoms with Gasteiger partial charge in [0.15, 0.2) is 11.5 Å². The third-order valence-corrected chi connectivity index (χ3v) is 5.05. The Morgan fingerprint density at radius 3 is 2.25 bits per heavy atom. The van der Waals surface area contributed by atoms with Crippen molar-refractivity contribution < 1.29 is 27.4 Å². The highest BCUT2D eigenvalue weighted by Gasteiger charge is 2.35. The molecule has 0 spiro atoms. The van der Waals surface area contributed by atoms with Crippen LogP contribution in [0.5, 0.6) is 11.5 Å². The zero-order valence-electron chi connectivity index (χ0n) is 18.7. The number of amides is 1. The Bertz CT molecular complexity index is 1000. The molecule has 0 saturated heterocycles. The average molecular weight is 449 g/mol. The SMILES string of the molecule is CCC(C(=O)N(C)C)N(Cc1ccc(OC)c(OC)c1)c1ccc(C#N)c(C(F)(F)F)c1. The molecule has 0 aliphatic heterocycles. The first-order valence-electron chi connectivity index (χ1n) is 9.87. The Morgan fingerprint density at radius 1 is 1.09 bits per heavy atom. The highest BCUT2D eigenvalue weighted by atomic mass is 19.4. The molecule has 1 unspecified atom stereocenters. The van der Waals surface area contributed by atoms with Gasteiger partial charge in [0.25, 0.3) is 0 Å². The number of carbonyl (C=O) groups is 1. The molecule has 0 aliphatic rings. The van der Waals surface area contributed by atoms with Gasteiger partial charge in [-0.2, -0.15) is 18.4 Å². The lowest BCUT2D eigenvalue weighted by atomic mass is 10.0. The zero-order valence-corrected chi connectivity index (χ0v) is 18.7. The lowest BCUT2D eigenvalue weighted by molar-refractivity contribution is -0.137. The van der Waals surface area contributed by atoms with Crippen LogP contribution in [0.1, 0.15) is 30.0 Å². The standard InChI is InChI=1S/C23H26F3N3O3/c1-6-19(22(30)28(2)3)29(14-15-7-10-20(31-4)21(11-15)32-5)17-9-8-16(13-27)18(12-17)23(24,25)26/h7-12,19H,6,14H2,1-5H3. The summed E-state index contributed by atoms with van der Waals surface area (Å²) in [4.78, 5) is 15.9. The van der Waals surface area contributed by atoms with E-state index in [2.05, 4.69) is 0 Å². The van der Waals surface area contributed by atoms with Gasteiger partial charge < -0.3 is 19.3 Å². The fourth-order valence-corrected chi connectivity index (χ4v) is 3.43. The zero-order chi connectivity index (χ0) is 24.1. The van der Waals surface area contributed by atoms with E-state index < -0.39 is 23.3 Å². The van der Waals surface area contributed by atoms with E-state index in [1.165, 1.54) is 25.2 Å². The summed E-state index contributed by atoms with van der Waals surface area (Å²) in [6, 6.07) is 9.52. The minimum Gasteiger partial charge on any atom is -0.493 e. The minimum absolute atomic E-state index is 0.141. The van der Waals surface area contributed by atoms with Crippen LogP contribution in [0.15, 0.2) is 36.4 Å². The van der Waals surface area contributed by atoms with Gasteiger partial charge in [-0.05, 0) is 42.3 Å². The van der Waals surface area contributed by atoms with Gasteiger partial charge in [0.05, 0.1) is 31.4 Å². The normalized spacial score (nSPS) is 12.0. The third kappa shape index (κ3) is 5.44. The molecule has 0 heterocycles. The van der Waals surface area contributed by atoms with Crippen LogP contribution in [0.2, 0.25) is 0 Å². The topological polar surface area (TPSA) is 65.8 Å². The van der Waals surface area contributed by atoms with Gasteiger partial charge >= 0.3 is 6.18 Å². The highest BCUT2D eigenvalue weighted by molar-refractivity contribution is 5.85. The Kier molecular flexibility index (Phi) is 7.97. The Labute approximate surface area is 185 Å². The molecule has 32 heavy (non-hydrogen) atoms. The number of hydrogen-bond donors (Lipinski definition) is 0. The van der Waals surface area contributed by atoms with Crippen LogP contribution in [-0.2, 0) is 17.5 Å². The van der Waals surface area contributed by atoms with Gasteiger partial charge in [0.2, 0.25) is 5.91 Å². The molecule has 0 fully saturated rings. The molecule has 2 aromatic rings. The van der Waals surface area contributed by atoms with Crippen molar-refractivity contribution in [2.24, 2.45) is 0 Å². The molecule has 2 aromatic carbocycles. The third-order valence-electron chi connectivity index (χ3n) is 5.05. The van der Waals surface area contributed by atoms with Crippen molar-refractivity contribution in [3.8, 4) is 17.6 Å². The fourth-order valence-electron chi connectivity index (χ4n) is 3.43. The first kappa shape index (κ1) is 24.9. The van der Waals surface area contributed by atoms with E-state index in [4.69, 9.17) is 14.7 Å². The maximum atomic E-state index is 13.6. The number of hydrogen-bond acceptors (Lipinski definition) is 5. The summed E-state index contributed by atoms with van der Waals surface area (Å²) in [5.74, 6) is 0.732. The molecular formula is C23H26F3N3O3. The van der Waals surface area contributed by atoms with Gasteiger partial charge in [0, 0.05) is 26.3 Å². The predicted molar refractivity (Wildman–Crippen MR) is 115 cm³/mol. The Morgan fingerprint density at radius 2 is 1.75 bits per heavy atom. The molecule has 0 saturated carbocycles. The summed E-state index contributed by atoms with van der Waals surface area (Å²) in [5, 5.41) is 9.12. The van der Waals surface area contributed by atoms with Gasteiger partial charge in [-0.15, -0.1) is 0 Å². The van der Waals surface area contributed by atoms with Crippen LogP contribution in [0, 0.1) is 11.3 Å². The number of rotatable bonds is 8. The van der Waals surface area contributed by atoms with Crippen LogP contribution in [-0.4, -0.2) is 45.2 Å². The van der Waals surface area contributed by atoms with E-state index in [9.17, 15) is 18.0 Å². The van der Waals surface area contributed by atoms with Gasteiger partial charge in [0.1, 0.15) is 6.04 Å². The van der Waals surface area contributed by atoms with Crippen molar-refractivity contribution in [1.82, 2.24) is 4.90 Å². The average Bonchev–Trinajstić information content (AvgIpc) is 2.77. The summed E-state index contributed by atoms with van der Waals surface area (Å²) in [6.07, 6.45) is -4.34. The van der Waals surface area contributed by atoms with Gasteiger partial charge in [-0.3, -0.25) is 4.79 Å². The van der Waals surface area contributed by atoms with E-state index in [0.29, 0.717) is 23.5 Å². The number of halogens is 3. The molecule has 9 heteroatoms. The van der Waals surface area contributed by atoms with Crippen LogP contribution in [0.3, 0.4) is 0 Å². The molecule has 6 nitrogen and oxygen atoms in total. The Balaban J connectivity index is 2.62. The number of carbonyl (C=O) groups excluding carboxylic acids is 1. The number of nitriles is 1. The van der Waals surface area contributed by atoms with Crippen molar-refractivity contribution in [3.63, 3.8) is 0 Å². The maximum Gasteiger partial charge on any atom is 0.417 e. The Hall–Kier alpha value is -3.41. The van der Waals surface area contributed by atoms with Crippen molar-refractivity contribution in [2.45, 2.75) is 32.1 Å². The molecule has 0 radical (unpaired) electrons. The summed E-state index contributed by atoms with van der Waals surface area (Å²) in [7, 11) is 6.18. The van der Waals surface area contributed by atoms with Crippen LogP contribution in [0.4, 0.5) is 18.9 Å². The van der Waals surface area contributed by atoms with E-state index in [-0.39, 0.29) is 18.1 Å². The molecule has 0 bridgehead atoms. The molecule has 1 amide bonds. The summed E-state index contributed by atoms with van der Waals surface area (Å²) in [5.41, 5.74) is -0.611. The van der Waals surface area contributed by atoms with E-state index in [0.717, 1.165) is 12.1 Å². The van der Waals surface area contributed by atoms with Crippen LogP contribution in [0.25, 0.3) is 0 Å².